The minimum Gasteiger partial charge on any atom is -0.356 e. The topological polar surface area (TPSA) is 125 Å². The maximum Gasteiger partial charge on any atom is 0.351 e. The molecule has 1 N–H and O–H groups in total. The summed E-state index contributed by atoms with van der Waals surface area (Å²) >= 11 is 0. The molecule has 0 fully saturated rings. The third kappa shape index (κ3) is 4.88. The first-order chi connectivity index (χ1) is 14.4. The maximum atomic E-state index is 12.5. The van der Waals surface area contributed by atoms with E-state index < -0.39 is 11.2 Å². The number of carbonyl (C=O) groups is 1. The lowest BCUT2D eigenvalue weighted by Gasteiger charge is -2.07. The Balaban J connectivity index is 1.78. The first-order valence-electron chi connectivity index (χ1n) is 9.72. The second kappa shape index (κ2) is 9.29. The Kier molecular flexibility index (Phi) is 6.55. The van der Waals surface area contributed by atoms with E-state index in [9.17, 15) is 14.4 Å². The molecule has 10 nitrogen and oxygen atoms in total. The predicted octanol–water partition coefficient (Wildman–Crippen LogP) is 1.08. The van der Waals surface area contributed by atoms with E-state index in [0.717, 1.165) is 15.7 Å². The van der Waals surface area contributed by atoms with Gasteiger partial charge in [-0.2, -0.15) is 14.8 Å². The summed E-state index contributed by atoms with van der Waals surface area (Å²) in [5.41, 5.74) is -0.832. The lowest BCUT2D eigenvalue weighted by Crippen LogP contribution is -2.40. The van der Waals surface area contributed by atoms with Gasteiger partial charge in [-0.3, -0.25) is 14.2 Å². The number of aromatic nitrogens is 5. The molecule has 3 aromatic rings. The average Bonchev–Trinajstić information content (AvgIpc) is 3.20. The highest BCUT2D eigenvalue weighted by atomic mass is 16.5. The molecule has 0 atom stereocenters. The first-order valence-corrected chi connectivity index (χ1v) is 9.72. The van der Waals surface area contributed by atoms with Crippen molar-refractivity contribution >= 4 is 5.91 Å². The molecule has 1 aromatic carbocycles. The number of benzene rings is 1. The minimum absolute atomic E-state index is 0.0319. The third-order valence-corrected chi connectivity index (χ3v) is 4.47. The third-order valence-electron chi connectivity index (χ3n) is 4.47. The average molecular weight is 412 g/mol. The van der Waals surface area contributed by atoms with Crippen molar-refractivity contribution in [3.8, 4) is 17.2 Å². The molecule has 0 saturated heterocycles. The Bertz CT molecular complexity index is 1130. The number of hydrogen-bond donors (Lipinski definition) is 1. The lowest BCUT2D eigenvalue weighted by molar-refractivity contribution is -0.121. The molecule has 0 saturated carbocycles. The van der Waals surface area contributed by atoms with Crippen LogP contribution >= 0.6 is 0 Å². The molecule has 1 amide bonds. The Hall–Kier alpha value is -3.56. The highest BCUT2D eigenvalue weighted by Crippen LogP contribution is 2.10. The van der Waals surface area contributed by atoms with Crippen LogP contribution in [0.4, 0.5) is 0 Å². The summed E-state index contributed by atoms with van der Waals surface area (Å²) in [6.45, 7) is 4.79. The van der Waals surface area contributed by atoms with Crippen LogP contribution in [0.25, 0.3) is 17.2 Å². The molecule has 0 radical (unpaired) electrons. The molecule has 30 heavy (non-hydrogen) atoms. The highest BCUT2D eigenvalue weighted by Gasteiger charge is 2.19. The van der Waals surface area contributed by atoms with Crippen molar-refractivity contribution in [2.75, 3.05) is 6.54 Å². The second-order valence-corrected chi connectivity index (χ2v) is 7.29. The van der Waals surface area contributed by atoms with Crippen molar-refractivity contribution in [3.05, 3.63) is 57.1 Å². The van der Waals surface area contributed by atoms with E-state index in [-0.39, 0.29) is 36.2 Å². The van der Waals surface area contributed by atoms with Crippen LogP contribution < -0.4 is 16.6 Å². The summed E-state index contributed by atoms with van der Waals surface area (Å²) in [5.74, 6) is 0.584. The van der Waals surface area contributed by atoms with E-state index in [0.29, 0.717) is 18.2 Å². The summed E-state index contributed by atoms with van der Waals surface area (Å²) in [7, 11) is 1.36. The number of nitrogens with zero attached hydrogens (tertiary/aromatic N) is 5. The van der Waals surface area contributed by atoms with Crippen LogP contribution in [-0.2, 0) is 18.3 Å². The van der Waals surface area contributed by atoms with E-state index in [1.807, 2.05) is 6.07 Å². The van der Waals surface area contributed by atoms with E-state index >= 15 is 0 Å². The summed E-state index contributed by atoms with van der Waals surface area (Å²) < 4.78 is 7.21. The van der Waals surface area contributed by atoms with Crippen molar-refractivity contribution in [1.29, 1.82) is 0 Å². The van der Waals surface area contributed by atoms with Gasteiger partial charge in [0, 0.05) is 26.4 Å². The molecule has 0 aliphatic carbocycles. The molecule has 2 heterocycles. The van der Waals surface area contributed by atoms with Gasteiger partial charge >= 0.3 is 5.69 Å². The zero-order valence-corrected chi connectivity index (χ0v) is 17.2. The van der Waals surface area contributed by atoms with Gasteiger partial charge in [0.05, 0.1) is 5.69 Å². The van der Waals surface area contributed by atoms with Gasteiger partial charge in [0.25, 0.3) is 5.56 Å². The Labute approximate surface area is 172 Å². The van der Waals surface area contributed by atoms with Crippen molar-refractivity contribution in [2.24, 2.45) is 13.0 Å². The van der Waals surface area contributed by atoms with Crippen LogP contribution in [0.15, 0.2) is 44.4 Å². The molecule has 10 heteroatoms. The Morgan fingerprint density at radius 3 is 2.63 bits per heavy atom. The lowest BCUT2D eigenvalue weighted by atomic mass is 10.1. The number of hydrogen-bond acceptors (Lipinski definition) is 7. The largest absolute Gasteiger partial charge is 0.356 e. The van der Waals surface area contributed by atoms with E-state index in [4.69, 9.17) is 4.52 Å². The highest BCUT2D eigenvalue weighted by molar-refractivity contribution is 5.75. The standard InChI is InChI=1S/C20H24N6O4/c1-13(2)11-12-21-15(27)9-10-16-22-18(24-30-16)17-19(28)25(3)20(29)26(23-17)14-7-5-4-6-8-14/h4-8,13H,9-12H2,1-3H3,(H,21,27). The van der Waals surface area contributed by atoms with Crippen LogP contribution in [0.5, 0.6) is 0 Å². The van der Waals surface area contributed by atoms with Gasteiger partial charge in [0.15, 0.2) is 5.69 Å². The molecule has 2 aromatic heterocycles. The molecule has 0 bridgehead atoms. The number of para-hydroxylation sites is 1. The predicted molar refractivity (Wildman–Crippen MR) is 109 cm³/mol. The fraction of sp³-hybridized carbons (Fsp3) is 0.400. The van der Waals surface area contributed by atoms with E-state index in [1.54, 1.807) is 24.3 Å². The van der Waals surface area contributed by atoms with Crippen molar-refractivity contribution in [3.63, 3.8) is 0 Å². The smallest absolute Gasteiger partial charge is 0.351 e. The number of rotatable bonds is 8. The number of nitrogens with one attached hydrogen (secondary N) is 1. The number of amides is 1. The molecule has 0 aliphatic heterocycles. The zero-order chi connectivity index (χ0) is 21.7. The van der Waals surface area contributed by atoms with Gasteiger partial charge in [0.2, 0.25) is 17.6 Å². The SMILES string of the molecule is CC(C)CCNC(=O)CCc1nc(-c2nn(-c3ccccc3)c(=O)n(C)c2=O)no1. The number of carbonyl (C=O) groups excluding carboxylic acids is 1. The van der Waals surface area contributed by atoms with Gasteiger partial charge in [-0.05, 0) is 24.5 Å². The van der Waals surface area contributed by atoms with Crippen molar-refractivity contribution < 1.29 is 9.32 Å². The summed E-state index contributed by atoms with van der Waals surface area (Å²) in [6.07, 6.45) is 1.33. The monoisotopic (exact) mass is 412 g/mol. The van der Waals surface area contributed by atoms with Gasteiger partial charge in [0.1, 0.15) is 0 Å². The molecule has 0 unspecified atom stereocenters. The van der Waals surface area contributed by atoms with Gasteiger partial charge in [-0.1, -0.05) is 37.2 Å². The summed E-state index contributed by atoms with van der Waals surface area (Å²) in [6, 6.07) is 8.71. The van der Waals surface area contributed by atoms with E-state index in [1.165, 1.54) is 7.05 Å². The summed E-state index contributed by atoms with van der Waals surface area (Å²) in [5, 5.41) is 10.8. The van der Waals surface area contributed by atoms with Crippen molar-refractivity contribution in [1.82, 2.24) is 29.8 Å². The van der Waals surface area contributed by atoms with Gasteiger partial charge in [-0.25, -0.2) is 4.79 Å². The molecule has 0 spiro atoms. The van der Waals surface area contributed by atoms with Crippen LogP contribution in [0, 0.1) is 5.92 Å². The fourth-order valence-electron chi connectivity index (χ4n) is 2.71. The second-order valence-electron chi connectivity index (χ2n) is 7.29. The molecular formula is C20H24N6O4. The maximum absolute atomic E-state index is 12.5. The molecular weight excluding hydrogens is 388 g/mol. The normalized spacial score (nSPS) is 11.1. The molecule has 0 aliphatic rings. The zero-order valence-electron chi connectivity index (χ0n) is 17.2. The quantitative estimate of drug-likeness (QED) is 0.587. The minimum atomic E-state index is -0.633. The fourth-order valence-corrected chi connectivity index (χ4v) is 2.71. The summed E-state index contributed by atoms with van der Waals surface area (Å²) in [4.78, 5) is 41.0. The van der Waals surface area contributed by atoms with E-state index in [2.05, 4.69) is 34.4 Å². The van der Waals surface area contributed by atoms with Crippen LogP contribution in [-0.4, -0.2) is 36.9 Å². The number of aryl methyl sites for hydroxylation is 1. The molecule has 3 rings (SSSR count). The van der Waals surface area contributed by atoms with Gasteiger partial charge in [-0.15, -0.1) is 0 Å². The molecule has 158 valence electrons. The van der Waals surface area contributed by atoms with Crippen LogP contribution in [0.3, 0.4) is 0 Å². The Morgan fingerprint density at radius 2 is 1.93 bits per heavy atom. The first kappa shape index (κ1) is 21.2. The van der Waals surface area contributed by atoms with Crippen molar-refractivity contribution in [2.45, 2.75) is 33.1 Å². The van der Waals surface area contributed by atoms with Crippen LogP contribution in [0.2, 0.25) is 0 Å². The Morgan fingerprint density at radius 1 is 1.20 bits per heavy atom. The van der Waals surface area contributed by atoms with Gasteiger partial charge < -0.3 is 9.84 Å². The van der Waals surface area contributed by atoms with Crippen LogP contribution in [0.1, 0.15) is 32.6 Å².